The Kier molecular flexibility index (Phi) is 7.49. The predicted molar refractivity (Wildman–Crippen MR) is 114 cm³/mol. The summed E-state index contributed by atoms with van der Waals surface area (Å²) in [5.74, 6) is 0.577. The van der Waals surface area contributed by atoms with E-state index in [4.69, 9.17) is 9.47 Å². The number of hydrogen-bond donors (Lipinski definition) is 1. The van der Waals surface area contributed by atoms with Crippen LogP contribution in [0, 0.1) is 3.57 Å². The number of ether oxygens (including phenoxy) is 2. The summed E-state index contributed by atoms with van der Waals surface area (Å²) < 4.78 is 12.2. The third kappa shape index (κ3) is 6.79. The number of carbonyl (C=O) groups excluding carboxylic acids is 1. The van der Waals surface area contributed by atoms with Gasteiger partial charge in [-0.25, -0.2) is 0 Å². The number of nitrogens with one attached hydrogen (secondary N) is 1. The molecule has 1 aliphatic heterocycles. The molecule has 3 rings (SSSR count). The van der Waals surface area contributed by atoms with E-state index in [1.165, 1.54) is 5.56 Å². The number of morpholine rings is 1. The summed E-state index contributed by atoms with van der Waals surface area (Å²) in [7, 11) is 0. The maximum atomic E-state index is 12.0. The zero-order valence-electron chi connectivity index (χ0n) is 15.5. The smallest absolute Gasteiger partial charge is 0.258 e. The van der Waals surface area contributed by atoms with Crippen LogP contribution >= 0.6 is 22.6 Å². The fourth-order valence-electron chi connectivity index (χ4n) is 3.06. The molecular formula is C21H25IN2O3. The number of nitrogens with zero attached hydrogens (tertiary/aromatic N) is 1. The Morgan fingerprint density at radius 3 is 2.81 bits per heavy atom. The van der Waals surface area contributed by atoms with Gasteiger partial charge in [0.2, 0.25) is 0 Å². The Balaban J connectivity index is 1.44. The lowest BCUT2D eigenvalue weighted by Gasteiger charge is -2.31. The van der Waals surface area contributed by atoms with Crippen LogP contribution in [-0.2, 0) is 22.6 Å². The third-order valence-electron chi connectivity index (χ3n) is 4.40. The number of rotatable bonds is 7. The standard InChI is InChI=1S/C21H25IN2O3/c1-16-13-24(9-10-26-16)14-18-4-2-3-17(11-18)12-23-21(25)15-27-20-7-5-19(22)6-8-20/h2-8,11,16H,9-10,12-15H2,1H3,(H,23,25). The number of amides is 1. The molecule has 1 aliphatic rings. The summed E-state index contributed by atoms with van der Waals surface area (Å²) in [6.07, 6.45) is 0.286. The number of hydrogen-bond acceptors (Lipinski definition) is 4. The molecule has 0 radical (unpaired) electrons. The molecule has 0 bridgehead atoms. The molecule has 0 aliphatic carbocycles. The first-order chi connectivity index (χ1) is 13.1. The largest absolute Gasteiger partial charge is 0.484 e. The second-order valence-electron chi connectivity index (χ2n) is 6.76. The van der Waals surface area contributed by atoms with Gasteiger partial charge < -0.3 is 14.8 Å². The maximum Gasteiger partial charge on any atom is 0.258 e. The zero-order valence-corrected chi connectivity index (χ0v) is 17.6. The van der Waals surface area contributed by atoms with Crippen LogP contribution in [-0.4, -0.2) is 43.2 Å². The highest BCUT2D eigenvalue weighted by atomic mass is 127. The Morgan fingerprint density at radius 2 is 2.04 bits per heavy atom. The fraction of sp³-hybridized carbons (Fsp3) is 0.381. The SMILES string of the molecule is CC1CN(Cc2cccc(CNC(=O)COc3ccc(I)cc3)c2)CCO1. The van der Waals surface area contributed by atoms with Crippen molar-refractivity contribution in [3.05, 3.63) is 63.2 Å². The molecule has 144 valence electrons. The van der Waals surface area contributed by atoms with Gasteiger partial charge in [-0.2, -0.15) is 0 Å². The van der Waals surface area contributed by atoms with Crippen LogP contribution in [0.3, 0.4) is 0 Å². The van der Waals surface area contributed by atoms with Crippen LogP contribution in [0.15, 0.2) is 48.5 Å². The quantitative estimate of drug-likeness (QED) is 0.619. The highest BCUT2D eigenvalue weighted by molar-refractivity contribution is 14.1. The van der Waals surface area contributed by atoms with Gasteiger partial charge >= 0.3 is 0 Å². The summed E-state index contributed by atoms with van der Waals surface area (Å²) >= 11 is 2.23. The second kappa shape index (κ2) is 10.1. The van der Waals surface area contributed by atoms with Crippen molar-refractivity contribution >= 4 is 28.5 Å². The predicted octanol–water partition coefficient (Wildman–Crippen LogP) is 3.21. The molecule has 2 aromatic carbocycles. The van der Waals surface area contributed by atoms with Crippen molar-refractivity contribution in [1.82, 2.24) is 10.2 Å². The minimum atomic E-state index is -0.124. The van der Waals surface area contributed by atoms with Crippen molar-refractivity contribution in [2.24, 2.45) is 0 Å². The molecule has 1 unspecified atom stereocenters. The highest BCUT2D eigenvalue weighted by Crippen LogP contribution is 2.14. The van der Waals surface area contributed by atoms with Crippen LogP contribution in [0.1, 0.15) is 18.1 Å². The number of halogens is 1. The molecule has 1 heterocycles. The molecule has 5 nitrogen and oxygen atoms in total. The van der Waals surface area contributed by atoms with E-state index in [1.54, 1.807) is 0 Å². The average Bonchev–Trinajstić information content (AvgIpc) is 2.66. The summed E-state index contributed by atoms with van der Waals surface area (Å²) in [6.45, 7) is 6.24. The lowest BCUT2D eigenvalue weighted by Crippen LogP contribution is -2.40. The van der Waals surface area contributed by atoms with E-state index in [1.807, 2.05) is 36.4 Å². The first-order valence-corrected chi connectivity index (χ1v) is 10.2. The van der Waals surface area contributed by atoms with Gasteiger partial charge in [-0.3, -0.25) is 9.69 Å². The maximum absolute atomic E-state index is 12.0. The van der Waals surface area contributed by atoms with Gasteiger partial charge in [0.05, 0.1) is 12.7 Å². The molecule has 0 saturated carbocycles. The summed E-state index contributed by atoms with van der Waals surface area (Å²) in [5, 5.41) is 2.92. The van der Waals surface area contributed by atoms with Crippen LogP contribution in [0.25, 0.3) is 0 Å². The average molecular weight is 480 g/mol. The lowest BCUT2D eigenvalue weighted by atomic mass is 10.1. The first kappa shape index (κ1) is 20.1. The molecule has 6 heteroatoms. The van der Waals surface area contributed by atoms with Gasteiger partial charge in [-0.15, -0.1) is 0 Å². The molecule has 1 atom stereocenters. The Bertz CT molecular complexity index is 751. The molecular weight excluding hydrogens is 455 g/mol. The number of benzene rings is 2. The minimum Gasteiger partial charge on any atom is -0.484 e. The van der Waals surface area contributed by atoms with E-state index in [0.29, 0.717) is 12.3 Å². The molecule has 1 saturated heterocycles. The fourth-order valence-corrected chi connectivity index (χ4v) is 3.42. The van der Waals surface area contributed by atoms with Gasteiger partial charge in [0.25, 0.3) is 5.91 Å². The highest BCUT2D eigenvalue weighted by Gasteiger charge is 2.16. The summed E-state index contributed by atoms with van der Waals surface area (Å²) in [6, 6.07) is 16.0. The molecule has 1 N–H and O–H groups in total. The van der Waals surface area contributed by atoms with Crippen molar-refractivity contribution in [2.75, 3.05) is 26.3 Å². The normalized spacial score (nSPS) is 17.5. The van der Waals surface area contributed by atoms with Crippen molar-refractivity contribution in [3.63, 3.8) is 0 Å². The van der Waals surface area contributed by atoms with Gasteiger partial charge in [0.15, 0.2) is 6.61 Å². The van der Waals surface area contributed by atoms with E-state index in [9.17, 15) is 4.79 Å². The molecule has 1 fully saturated rings. The van der Waals surface area contributed by atoms with E-state index < -0.39 is 0 Å². The number of carbonyl (C=O) groups is 1. The summed E-state index contributed by atoms with van der Waals surface area (Å²) in [4.78, 5) is 14.4. The topological polar surface area (TPSA) is 50.8 Å². The van der Waals surface area contributed by atoms with Crippen LogP contribution in [0.5, 0.6) is 5.75 Å². The Morgan fingerprint density at radius 1 is 1.26 bits per heavy atom. The van der Waals surface area contributed by atoms with E-state index >= 15 is 0 Å². The minimum absolute atomic E-state index is 0.0198. The summed E-state index contributed by atoms with van der Waals surface area (Å²) in [5.41, 5.74) is 2.35. The van der Waals surface area contributed by atoms with Crippen molar-refractivity contribution in [1.29, 1.82) is 0 Å². The van der Waals surface area contributed by atoms with Crippen LogP contribution in [0.4, 0.5) is 0 Å². The molecule has 2 aromatic rings. The Hall–Kier alpha value is -1.64. The lowest BCUT2D eigenvalue weighted by molar-refractivity contribution is -0.123. The molecule has 27 heavy (non-hydrogen) atoms. The Labute approximate surface area is 174 Å². The van der Waals surface area contributed by atoms with Gasteiger partial charge in [0.1, 0.15) is 5.75 Å². The van der Waals surface area contributed by atoms with E-state index in [2.05, 4.69) is 51.9 Å². The van der Waals surface area contributed by atoms with Gasteiger partial charge in [0, 0.05) is 29.7 Å². The second-order valence-corrected chi connectivity index (χ2v) is 8.00. The van der Waals surface area contributed by atoms with Crippen LogP contribution < -0.4 is 10.1 Å². The third-order valence-corrected chi connectivity index (χ3v) is 5.12. The van der Waals surface area contributed by atoms with E-state index in [-0.39, 0.29) is 18.6 Å². The van der Waals surface area contributed by atoms with Crippen molar-refractivity contribution < 1.29 is 14.3 Å². The molecule has 1 amide bonds. The van der Waals surface area contributed by atoms with E-state index in [0.717, 1.165) is 35.4 Å². The zero-order chi connectivity index (χ0) is 19.1. The monoisotopic (exact) mass is 480 g/mol. The molecule has 0 aromatic heterocycles. The van der Waals surface area contributed by atoms with Gasteiger partial charge in [-0.05, 0) is 64.9 Å². The van der Waals surface area contributed by atoms with Crippen molar-refractivity contribution in [2.45, 2.75) is 26.1 Å². The van der Waals surface area contributed by atoms with Gasteiger partial charge in [-0.1, -0.05) is 24.3 Å². The molecule has 0 spiro atoms. The van der Waals surface area contributed by atoms with Crippen LogP contribution in [0.2, 0.25) is 0 Å². The first-order valence-electron chi connectivity index (χ1n) is 9.15. The van der Waals surface area contributed by atoms with Crippen molar-refractivity contribution in [3.8, 4) is 5.75 Å².